The van der Waals surface area contributed by atoms with Crippen LogP contribution in [-0.4, -0.2) is 25.9 Å². The number of hydrogen-bond acceptors (Lipinski definition) is 3. The Balaban J connectivity index is 2.70. The molecule has 1 aromatic carbocycles. The first-order chi connectivity index (χ1) is 8.84. The highest BCUT2D eigenvalue weighted by Crippen LogP contribution is 2.26. The van der Waals surface area contributed by atoms with Crippen LogP contribution in [0.1, 0.15) is 33.3 Å². The van der Waals surface area contributed by atoms with E-state index in [-0.39, 0.29) is 17.6 Å². The molecule has 0 saturated heterocycles. The van der Waals surface area contributed by atoms with Crippen molar-refractivity contribution >= 4 is 0 Å². The molecule has 0 aliphatic rings. The van der Waals surface area contributed by atoms with Gasteiger partial charge in [0, 0.05) is 18.6 Å². The predicted molar refractivity (Wildman–Crippen MR) is 79.5 cm³/mol. The molecule has 3 heteroatoms. The molecule has 0 aliphatic heterocycles. The predicted octanol–water partition coefficient (Wildman–Crippen LogP) is 3.02. The van der Waals surface area contributed by atoms with E-state index >= 15 is 0 Å². The average molecular weight is 265 g/mol. The highest BCUT2D eigenvalue weighted by molar-refractivity contribution is 5.27. The molecule has 0 radical (unpaired) electrons. The SMILES string of the molecule is COCCc1ccc(OC(C(C)N)C(C)(C)C)cc1. The van der Waals surface area contributed by atoms with Crippen molar-refractivity contribution in [2.45, 2.75) is 46.3 Å². The van der Waals surface area contributed by atoms with Crippen molar-refractivity contribution in [3.8, 4) is 5.75 Å². The normalized spacial score (nSPS) is 15.1. The lowest BCUT2D eigenvalue weighted by Gasteiger charge is -2.34. The molecule has 0 amide bonds. The van der Waals surface area contributed by atoms with E-state index in [9.17, 15) is 0 Å². The third-order valence-electron chi connectivity index (χ3n) is 3.11. The number of benzene rings is 1. The van der Waals surface area contributed by atoms with Gasteiger partial charge in [-0.2, -0.15) is 0 Å². The quantitative estimate of drug-likeness (QED) is 0.860. The van der Waals surface area contributed by atoms with Gasteiger partial charge in [0.25, 0.3) is 0 Å². The van der Waals surface area contributed by atoms with E-state index in [1.165, 1.54) is 5.56 Å². The number of ether oxygens (including phenoxy) is 2. The Morgan fingerprint density at radius 1 is 1.16 bits per heavy atom. The summed E-state index contributed by atoms with van der Waals surface area (Å²) in [6, 6.07) is 8.16. The van der Waals surface area contributed by atoms with E-state index in [1.807, 2.05) is 19.1 Å². The summed E-state index contributed by atoms with van der Waals surface area (Å²) in [4.78, 5) is 0. The molecule has 2 atom stereocenters. The maximum Gasteiger partial charge on any atom is 0.119 e. The molecule has 0 aromatic heterocycles. The minimum Gasteiger partial charge on any atom is -0.488 e. The van der Waals surface area contributed by atoms with Crippen LogP contribution in [0.25, 0.3) is 0 Å². The Labute approximate surface area is 117 Å². The van der Waals surface area contributed by atoms with Crippen LogP contribution in [0.15, 0.2) is 24.3 Å². The van der Waals surface area contributed by atoms with E-state index in [2.05, 4.69) is 32.9 Å². The van der Waals surface area contributed by atoms with Crippen molar-refractivity contribution in [2.24, 2.45) is 11.1 Å². The van der Waals surface area contributed by atoms with E-state index in [0.29, 0.717) is 0 Å². The lowest BCUT2D eigenvalue weighted by molar-refractivity contribution is 0.0684. The standard InChI is InChI=1S/C16H27NO2/c1-12(17)15(16(2,3)4)19-14-8-6-13(7-9-14)10-11-18-5/h6-9,12,15H,10-11,17H2,1-5H3. The molecule has 0 fully saturated rings. The molecule has 0 bridgehead atoms. The molecule has 0 saturated carbocycles. The highest BCUT2D eigenvalue weighted by atomic mass is 16.5. The summed E-state index contributed by atoms with van der Waals surface area (Å²) in [6.45, 7) is 9.17. The van der Waals surface area contributed by atoms with E-state index in [4.69, 9.17) is 15.2 Å². The van der Waals surface area contributed by atoms with Gasteiger partial charge >= 0.3 is 0 Å². The van der Waals surface area contributed by atoms with Crippen LogP contribution in [0.3, 0.4) is 0 Å². The molecule has 2 unspecified atom stereocenters. The molecular formula is C16H27NO2. The van der Waals surface area contributed by atoms with Crippen LogP contribution in [0.2, 0.25) is 0 Å². The van der Waals surface area contributed by atoms with Gasteiger partial charge in [-0.05, 0) is 31.0 Å². The largest absolute Gasteiger partial charge is 0.488 e. The average Bonchev–Trinajstić information content (AvgIpc) is 2.33. The van der Waals surface area contributed by atoms with Gasteiger partial charge in [-0.25, -0.2) is 0 Å². The Bertz CT molecular complexity index is 365. The van der Waals surface area contributed by atoms with Gasteiger partial charge in [-0.15, -0.1) is 0 Å². The van der Waals surface area contributed by atoms with Crippen LogP contribution in [0.4, 0.5) is 0 Å². The number of rotatable bonds is 6. The Morgan fingerprint density at radius 3 is 2.16 bits per heavy atom. The zero-order valence-corrected chi connectivity index (χ0v) is 12.8. The summed E-state index contributed by atoms with van der Waals surface area (Å²) in [7, 11) is 1.72. The molecule has 108 valence electrons. The molecule has 0 spiro atoms. The summed E-state index contributed by atoms with van der Waals surface area (Å²) < 4.78 is 11.1. The van der Waals surface area contributed by atoms with Gasteiger partial charge in [0.2, 0.25) is 0 Å². The second kappa shape index (κ2) is 6.92. The van der Waals surface area contributed by atoms with Gasteiger partial charge < -0.3 is 15.2 Å². The molecular weight excluding hydrogens is 238 g/mol. The third-order valence-corrected chi connectivity index (χ3v) is 3.11. The van der Waals surface area contributed by atoms with Crippen molar-refractivity contribution in [1.29, 1.82) is 0 Å². The van der Waals surface area contributed by atoms with Crippen molar-refractivity contribution in [1.82, 2.24) is 0 Å². The zero-order chi connectivity index (χ0) is 14.5. The summed E-state index contributed by atoms with van der Waals surface area (Å²) in [6.07, 6.45) is 0.921. The van der Waals surface area contributed by atoms with Crippen LogP contribution in [0.5, 0.6) is 5.75 Å². The fraction of sp³-hybridized carbons (Fsp3) is 0.625. The number of hydrogen-bond donors (Lipinski definition) is 1. The molecule has 19 heavy (non-hydrogen) atoms. The highest BCUT2D eigenvalue weighted by Gasteiger charge is 2.29. The van der Waals surface area contributed by atoms with Crippen LogP contribution < -0.4 is 10.5 Å². The lowest BCUT2D eigenvalue weighted by Crippen LogP contribution is -2.45. The maximum atomic E-state index is 6.04. The summed E-state index contributed by atoms with van der Waals surface area (Å²) in [5, 5.41) is 0. The van der Waals surface area contributed by atoms with Crippen LogP contribution in [-0.2, 0) is 11.2 Å². The summed E-state index contributed by atoms with van der Waals surface area (Å²) in [5.74, 6) is 0.874. The minimum absolute atomic E-state index is 0.00248. The second-order valence-corrected chi connectivity index (χ2v) is 6.15. The molecule has 2 N–H and O–H groups in total. The summed E-state index contributed by atoms with van der Waals surface area (Å²) in [5.41, 5.74) is 7.29. The Morgan fingerprint density at radius 2 is 1.74 bits per heavy atom. The summed E-state index contributed by atoms with van der Waals surface area (Å²) >= 11 is 0. The molecule has 1 aromatic rings. The van der Waals surface area contributed by atoms with Crippen LogP contribution >= 0.6 is 0 Å². The van der Waals surface area contributed by atoms with Crippen molar-refractivity contribution < 1.29 is 9.47 Å². The zero-order valence-electron chi connectivity index (χ0n) is 12.8. The maximum absolute atomic E-state index is 6.04. The smallest absolute Gasteiger partial charge is 0.119 e. The van der Waals surface area contributed by atoms with Crippen molar-refractivity contribution in [3.05, 3.63) is 29.8 Å². The van der Waals surface area contributed by atoms with Gasteiger partial charge in [-0.3, -0.25) is 0 Å². The molecule has 3 nitrogen and oxygen atoms in total. The van der Waals surface area contributed by atoms with Crippen LogP contribution in [0, 0.1) is 5.41 Å². The second-order valence-electron chi connectivity index (χ2n) is 6.15. The number of methoxy groups -OCH3 is 1. The van der Waals surface area contributed by atoms with Gasteiger partial charge in [0.1, 0.15) is 11.9 Å². The lowest BCUT2D eigenvalue weighted by atomic mass is 9.85. The molecule has 0 aliphatic carbocycles. The third kappa shape index (κ3) is 5.21. The van der Waals surface area contributed by atoms with E-state index < -0.39 is 0 Å². The fourth-order valence-corrected chi connectivity index (χ4v) is 2.17. The van der Waals surface area contributed by atoms with Gasteiger partial charge in [0.05, 0.1) is 6.61 Å². The van der Waals surface area contributed by atoms with Crippen molar-refractivity contribution in [2.75, 3.05) is 13.7 Å². The first-order valence-corrected chi connectivity index (χ1v) is 6.84. The van der Waals surface area contributed by atoms with Gasteiger partial charge in [0.15, 0.2) is 0 Å². The fourth-order valence-electron chi connectivity index (χ4n) is 2.17. The van der Waals surface area contributed by atoms with E-state index in [1.54, 1.807) is 7.11 Å². The first kappa shape index (κ1) is 16.0. The molecule has 0 heterocycles. The topological polar surface area (TPSA) is 44.5 Å². The molecule has 1 rings (SSSR count). The minimum atomic E-state index is -0.00633. The van der Waals surface area contributed by atoms with Crippen molar-refractivity contribution in [3.63, 3.8) is 0 Å². The Hall–Kier alpha value is -1.06. The number of nitrogens with two attached hydrogens (primary N) is 1. The Kier molecular flexibility index (Phi) is 5.83. The van der Waals surface area contributed by atoms with Gasteiger partial charge in [-0.1, -0.05) is 32.9 Å². The van der Waals surface area contributed by atoms with E-state index in [0.717, 1.165) is 18.8 Å². The first-order valence-electron chi connectivity index (χ1n) is 6.84. The monoisotopic (exact) mass is 265 g/mol.